The van der Waals surface area contributed by atoms with Crippen LogP contribution < -0.4 is 14.4 Å². The Bertz CT molecular complexity index is 864. The van der Waals surface area contributed by atoms with Gasteiger partial charge in [-0.15, -0.1) is 0 Å². The summed E-state index contributed by atoms with van der Waals surface area (Å²) in [4.78, 5) is 5.10. The first-order valence-electron chi connectivity index (χ1n) is 9.66. The lowest BCUT2D eigenvalue weighted by Crippen LogP contribution is -2.47. The summed E-state index contributed by atoms with van der Waals surface area (Å²) in [6.45, 7) is 7.11. The van der Waals surface area contributed by atoms with Crippen molar-refractivity contribution < 1.29 is 13.2 Å². The van der Waals surface area contributed by atoms with E-state index in [1.54, 1.807) is 32.2 Å². The molecule has 152 valence electrons. The second kappa shape index (κ2) is 9.41. The molecule has 0 spiro atoms. The quantitative estimate of drug-likeness (QED) is 0.686. The minimum atomic E-state index is -3.50. The normalized spacial score (nSPS) is 15.6. The summed E-state index contributed by atoms with van der Waals surface area (Å²) in [7, 11) is -1.93. The van der Waals surface area contributed by atoms with E-state index < -0.39 is 10.0 Å². The molecule has 28 heavy (non-hydrogen) atoms. The molecule has 0 aromatic heterocycles. The zero-order chi connectivity index (χ0) is 20.0. The van der Waals surface area contributed by atoms with Gasteiger partial charge in [-0.2, -0.15) is 0 Å². The summed E-state index contributed by atoms with van der Waals surface area (Å²) < 4.78 is 32.9. The summed E-state index contributed by atoms with van der Waals surface area (Å²) in [6.07, 6.45) is 0.791. The number of methoxy groups -OCH3 is 1. The van der Waals surface area contributed by atoms with E-state index in [2.05, 4.69) is 38.8 Å². The van der Waals surface area contributed by atoms with Crippen LogP contribution in [0.15, 0.2) is 53.4 Å². The average molecular weight is 404 g/mol. The maximum atomic E-state index is 12.5. The number of piperazine rings is 1. The van der Waals surface area contributed by atoms with Gasteiger partial charge in [-0.3, -0.25) is 4.90 Å². The lowest BCUT2D eigenvalue weighted by Gasteiger charge is -2.36. The molecule has 1 heterocycles. The summed E-state index contributed by atoms with van der Waals surface area (Å²) in [5, 5.41) is 0. The molecular formula is C21H29N3O3S. The third kappa shape index (κ3) is 5.25. The number of nitrogens with zero attached hydrogens (tertiary/aromatic N) is 2. The number of aryl methyl sites for hydroxylation is 1. The second-order valence-corrected chi connectivity index (χ2v) is 8.78. The Morgan fingerprint density at radius 2 is 1.75 bits per heavy atom. The van der Waals surface area contributed by atoms with Gasteiger partial charge in [0.05, 0.1) is 12.0 Å². The Morgan fingerprint density at radius 1 is 1.04 bits per heavy atom. The van der Waals surface area contributed by atoms with Gasteiger partial charge in [0.25, 0.3) is 0 Å². The topological polar surface area (TPSA) is 61.9 Å². The summed E-state index contributed by atoms with van der Waals surface area (Å²) in [5.41, 5.74) is 1.95. The van der Waals surface area contributed by atoms with Crippen LogP contribution in [0.1, 0.15) is 12.0 Å². The van der Waals surface area contributed by atoms with Crippen molar-refractivity contribution in [1.82, 2.24) is 9.62 Å². The molecule has 1 saturated heterocycles. The van der Waals surface area contributed by atoms with Gasteiger partial charge in [-0.1, -0.05) is 18.2 Å². The van der Waals surface area contributed by atoms with E-state index in [1.165, 1.54) is 5.69 Å². The Morgan fingerprint density at radius 3 is 2.39 bits per heavy atom. The van der Waals surface area contributed by atoms with Gasteiger partial charge in [0.15, 0.2) is 0 Å². The Labute approximate surface area is 168 Å². The van der Waals surface area contributed by atoms with Crippen LogP contribution in [-0.4, -0.2) is 59.7 Å². The van der Waals surface area contributed by atoms with Crippen LogP contribution in [0.5, 0.6) is 5.75 Å². The number of hydrogen-bond acceptors (Lipinski definition) is 5. The van der Waals surface area contributed by atoms with E-state index in [-0.39, 0.29) is 0 Å². The van der Waals surface area contributed by atoms with Crippen LogP contribution in [0.2, 0.25) is 0 Å². The number of anilines is 1. The van der Waals surface area contributed by atoms with Crippen LogP contribution in [0.25, 0.3) is 0 Å². The van der Waals surface area contributed by atoms with Crippen LogP contribution >= 0.6 is 0 Å². The maximum absolute atomic E-state index is 12.5. The number of ether oxygens (including phenoxy) is 1. The van der Waals surface area contributed by atoms with Crippen molar-refractivity contribution in [2.45, 2.75) is 18.2 Å². The van der Waals surface area contributed by atoms with Crippen molar-refractivity contribution in [2.75, 3.05) is 51.3 Å². The van der Waals surface area contributed by atoms with Gasteiger partial charge in [-0.05, 0) is 55.8 Å². The minimum Gasteiger partial charge on any atom is -0.497 e. The highest BCUT2D eigenvalue weighted by Gasteiger charge is 2.19. The Kier molecular flexibility index (Phi) is 6.93. The van der Waals surface area contributed by atoms with Crippen molar-refractivity contribution in [3.05, 3.63) is 54.1 Å². The van der Waals surface area contributed by atoms with Crippen LogP contribution in [0.3, 0.4) is 0 Å². The van der Waals surface area contributed by atoms with E-state index in [4.69, 9.17) is 4.74 Å². The number of hydrogen-bond donors (Lipinski definition) is 1. The first-order valence-corrected chi connectivity index (χ1v) is 11.1. The highest BCUT2D eigenvalue weighted by Crippen LogP contribution is 2.21. The lowest BCUT2D eigenvalue weighted by atomic mass is 10.2. The van der Waals surface area contributed by atoms with Gasteiger partial charge >= 0.3 is 0 Å². The molecule has 0 aliphatic carbocycles. The van der Waals surface area contributed by atoms with Gasteiger partial charge < -0.3 is 9.64 Å². The van der Waals surface area contributed by atoms with Gasteiger partial charge in [0.2, 0.25) is 10.0 Å². The standard InChI is InChI=1S/C21H29N3O3S/c1-18-17-20(27-2)9-10-21(18)28(25,26)22-11-6-12-23-13-15-24(16-14-23)19-7-4-3-5-8-19/h3-5,7-10,17,22H,6,11-16H2,1-2H3. The summed E-state index contributed by atoms with van der Waals surface area (Å²) in [5.74, 6) is 0.658. The zero-order valence-corrected chi connectivity index (χ0v) is 17.4. The van der Waals surface area contributed by atoms with Gasteiger partial charge in [0, 0.05) is 38.4 Å². The molecule has 0 atom stereocenters. The first kappa shape index (κ1) is 20.6. The molecule has 0 saturated carbocycles. The lowest BCUT2D eigenvalue weighted by molar-refractivity contribution is 0.255. The summed E-state index contributed by atoms with van der Waals surface area (Å²) in [6, 6.07) is 15.5. The molecular weight excluding hydrogens is 374 g/mol. The van der Waals surface area contributed by atoms with E-state index >= 15 is 0 Å². The van der Waals surface area contributed by atoms with E-state index in [0.717, 1.165) is 39.1 Å². The molecule has 1 fully saturated rings. The second-order valence-electron chi connectivity index (χ2n) is 7.05. The highest BCUT2D eigenvalue weighted by atomic mass is 32.2. The van der Waals surface area contributed by atoms with Crippen LogP contribution in [0, 0.1) is 6.92 Å². The SMILES string of the molecule is COc1ccc(S(=O)(=O)NCCCN2CCN(c3ccccc3)CC2)c(C)c1. The number of para-hydroxylation sites is 1. The van der Waals surface area contributed by atoms with Crippen LogP contribution in [-0.2, 0) is 10.0 Å². The largest absolute Gasteiger partial charge is 0.497 e. The maximum Gasteiger partial charge on any atom is 0.240 e. The van der Waals surface area contributed by atoms with Gasteiger partial charge in [-0.25, -0.2) is 13.1 Å². The molecule has 1 aliphatic rings. The van der Waals surface area contributed by atoms with Crippen LogP contribution in [0.4, 0.5) is 5.69 Å². The number of nitrogens with one attached hydrogen (secondary N) is 1. The molecule has 3 rings (SSSR count). The van der Waals surface area contributed by atoms with E-state index in [0.29, 0.717) is 22.8 Å². The Balaban J connectivity index is 1.42. The molecule has 1 N–H and O–H groups in total. The summed E-state index contributed by atoms with van der Waals surface area (Å²) >= 11 is 0. The number of rotatable bonds is 8. The molecule has 0 radical (unpaired) electrons. The predicted octanol–water partition coefficient (Wildman–Crippen LogP) is 2.49. The fourth-order valence-corrected chi connectivity index (χ4v) is 4.80. The zero-order valence-electron chi connectivity index (χ0n) is 16.6. The fourth-order valence-electron chi connectivity index (χ4n) is 3.51. The third-order valence-electron chi connectivity index (χ3n) is 5.11. The van der Waals surface area contributed by atoms with Crippen molar-refractivity contribution >= 4 is 15.7 Å². The van der Waals surface area contributed by atoms with Crippen molar-refractivity contribution in [2.24, 2.45) is 0 Å². The smallest absolute Gasteiger partial charge is 0.240 e. The third-order valence-corrected chi connectivity index (χ3v) is 6.73. The molecule has 0 bridgehead atoms. The first-order chi connectivity index (χ1) is 13.5. The monoisotopic (exact) mass is 403 g/mol. The van der Waals surface area contributed by atoms with Crippen molar-refractivity contribution in [3.63, 3.8) is 0 Å². The number of sulfonamides is 1. The van der Waals surface area contributed by atoms with Gasteiger partial charge in [0.1, 0.15) is 5.75 Å². The number of benzene rings is 2. The van der Waals surface area contributed by atoms with E-state index in [1.807, 2.05) is 6.07 Å². The van der Waals surface area contributed by atoms with Crippen molar-refractivity contribution in [1.29, 1.82) is 0 Å². The molecule has 2 aromatic carbocycles. The fraction of sp³-hybridized carbons (Fsp3) is 0.429. The van der Waals surface area contributed by atoms with Crippen molar-refractivity contribution in [3.8, 4) is 5.75 Å². The molecule has 0 amide bonds. The minimum absolute atomic E-state index is 0.310. The molecule has 2 aromatic rings. The average Bonchev–Trinajstić information content (AvgIpc) is 2.72. The molecule has 1 aliphatic heterocycles. The molecule has 6 nitrogen and oxygen atoms in total. The predicted molar refractivity (Wildman–Crippen MR) is 113 cm³/mol. The Hall–Kier alpha value is -2.09. The van der Waals surface area contributed by atoms with E-state index in [9.17, 15) is 8.42 Å². The molecule has 7 heteroatoms. The highest BCUT2D eigenvalue weighted by molar-refractivity contribution is 7.89. The molecule has 0 unspecified atom stereocenters.